The van der Waals surface area contributed by atoms with Gasteiger partial charge in [0, 0.05) is 17.8 Å². The van der Waals surface area contributed by atoms with E-state index in [1.165, 1.54) is 30.3 Å². The van der Waals surface area contributed by atoms with Crippen LogP contribution in [-0.4, -0.2) is 6.36 Å². The summed E-state index contributed by atoms with van der Waals surface area (Å²) < 4.78 is 54.1. The van der Waals surface area contributed by atoms with Gasteiger partial charge in [0.2, 0.25) is 0 Å². The number of rotatable bonds is 4. The Morgan fingerprint density at radius 3 is 2.48 bits per heavy atom. The number of anilines is 1. The summed E-state index contributed by atoms with van der Waals surface area (Å²) in [6, 6.07) is 10.2. The van der Waals surface area contributed by atoms with Crippen LogP contribution in [0.15, 0.2) is 42.5 Å². The van der Waals surface area contributed by atoms with Crippen LogP contribution in [-0.2, 0) is 6.54 Å². The van der Waals surface area contributed by atoms with Crippen molar-refractivity contribution in [1.29, 1.82) is 0 Å². The second-order valence-corrected chi connectivity index (χ2v) is 4.53. The van der Waals surface area contributed by atoms with Crippen molar-refractivity contribution in [3.05, 3.63) is 59.4 Å². The Hall–Kier alpha value is -2.24. The lowest BCUT2D eigenvalue weighted by atomic mass is 10.1. The first-order chi connectivity index (χ1) is 9.83. The first-order valence-electron chi connectivity index (χ1n) is 6.18. The zero-order valence-corrected chi connectivity index (χ0v) is 11.2. The number of hydrogen-bond donors (Lipinski definition) is 1. The maximum atomic E-state index is 13.2. The average molecular weight is 299 g/mol. The van der Waals surface area contributed by atoms with Crippen molar-refractivity contribution < 1.29 is 22.3 Å². The monoisotopic (exact) mass is 299 g/mol. The van der Waals surface area contributed by atoms with Crippen LogP contribution in [0.4, 0.5) is 23.2 Å². The second kappa shape index (κ2) is 6.03. The SMILES string of the molecule is Cc1cc(F)cc(NCc2ccccc2OC(F)(F)F)c1. The van der Waals surface area contributed by atoms with Crippen LogP contribution in [0.5, 0.6) is 5.75 Å². The van der Waals surface area contributed by atoms with Crippen molar-refractivity contribution in [2.75, 3.05) is 5.32 Å². The van der Waals surface area contributed by atoms with Gasteiger partial charge in [0.1, 0.15) is 11.6 Å². The highest BCUT2D eigenvalue weighted by molar-refractivity contribution is 5.47. The number of halogens is 4. The Labute approximate surface area is 119 Å². The summed E-state index contributed by atoms with van der Waals surface area (Å²) in [6.07, 6.45) is -4.74. The smallest absolute Gasteiger partial charge is 0.405 e. The van der Waals surface area contributed by atoms with Gasteiger partial charge in [0.25, 0.3) is 0 Å². The molecule has 6 heteroatoms. The van der Waals surface area contributed by atoms with Gasteiger partial charge >= 0.3 is 6.36 Å². The number of benzene rings is 2. The molecule has 0 amide bonds. The number of aryl methyl sites for hydroxylation is 1. The molecule has 2 aromatic rings. The molecule has 1 N–H and O–H groups in total. The van der Waals surface area contributed by atoms with Crippen molar-refractivity contribution in [3.8, 4) is 5.75 Å². The molecule has 0 aliphatic carbocycles. The van der Waals surface area contributed by atoms with E-state index in [0.29, 0.717) is 11.3 Å². The molecule has 0 saturated carbocycles. The average Bonchev–Trinajstić information content (AvgIpc) is 2.35. The maximum Gasteiger partial charge on any atom is 0.573 e. The zero-order valence-electron chi connectivity index (χ0n) is 11.2. The molecule has 2 nitrogen and oxygen atoms in total. The van der Waals surface area contributed by atoms with E-state index in [1.54, 1.807) is 19.1 Å². The highest BCUT2D eigenvalue weighted by Gasteiger charge is 2.31. The number of para-hydroxylation sites is 1. The van der Waals surface area contributed by atoms with Gasteiger partial charge in [-0.1, -0.05) is 18.2 Å². The van der Waals surface area contributed by atoms with Crippen LogP contribution in [0.2, 0.25) is 0 Å². The molecule has 0 fully saturated rings. The van der Waals surface area contributed by atoms with Gasteiger partial charge in [-0.2, -0.15) is 0 Å². The number of nitrogens with one attached hydrogen (secondary N) is 1. The van der Waals surface area contributed by atoms with Crippen LogP contribution in [0.1, 0.15) is 11.1 Å². The van der Waals surface area contributed by atoms with E-state index in [-0.39, 0.29) is 12.3 Å². The van der Waals surface area contributed by atoms with Crippen LogP contribution in [0.25, 0.3) is 0 Å². The van der Waals surface area contributed by atoms with Gasteiger partial charge in [-0.05, 0) is 36.8 Å². The Balaban J connectivity index is 2.13. The molecule has 112 valence electrons. The molecule has 0 atom stereocenters. The third kappa shape index (κ3) is 4.66. The number of hydrogen-bond acceptors (Lipinski definition) is 2. The van der Waals surface area contributed by atoms with Crippen LogP contribution in [0.3, 0.4) is 0 Å². The lowest BCUT2D eigenvalue weighted by Crippen LogP contribution is -2.18. The molecule has 0 heterocycles. The normalized spacial score (nSPS) is 11.3. The first kappa shape index (κ1) is 15.2. The van der Waals surface area contributed by atoms with E-state index in [0.717, 1.165) is 5.56 Å². The van der Waals surface area contributed by atoms with Gasteiger partial charge in [0.05, 0.1) is 0 Å². The molecule has 0 aliphatic rings. The summed E-state index contributed by atoms with van der Waals surface area (Å²) in [5.74, 6) is -0.678. The summed E-state index contributed by atoms with van der Waals surface area (Å²) in [7, 11) is 0. The van der Waals surface area contributed by atoms with Crippen molar-refractivity contribution in [2.24, 2.45) is 0 Å². The van der Waals surface area contributed by atoms with Crippen molar-refractivity contribution in [1.82, 2.24) is 0 Å². The van der Waals surface area contributed by atoms with Gasteiger partial charge in [-0.3, -0.25) is 0 Å². The van der Waals surface area contributed by atoms with E-state index in [2.05, 4.69) is 10.1 Å². The Bertz CT molecular complexity index is 605. The van der Waals surface area contributed by atoms with E-state index in [1.807, 2.05) is 0 Å². The fourth-order valence-electron chi connectivity index (χ4n) is 1.91. The minimum absolute atomic E-state index is 0.0924. The fraction of sp³-hybridized carbons (Fsp3) is 0.200. The summed E-state index contributed by atoms with van der Waals surface area (Å²) in [4.78, 5) is 0. The van der Waals surface area contributed by atoms with Gasteiger partial charge in [0.15, 0.2) is 0 Å². The Morgan fingerprint density at radius 1 is 1.10 bits per heavy atom. The molecule has 0 saturated heterocycles. The predicted molar refractivity (Wildman–Crippen MR) is 71.6 cm³/mol. The standard InChI is InChI=1S/C15H13F4NO/c1-10-6-12(16)8-13(7-10)20-9-11-4-2-3-5-14(11)21-15(17,18)19/h2-8,20H,9H2,1H3. The minimum Gasteiger partial charge on any atom is -0.405 e. The molecule has 2 rings (SSSR count). The second-order valence-electron chi connectivity index (χ2n) is 4.53. The third-order valence-corrected chi connectivity index (χ3v) is 2.72. The van der Waals surface area contributed by atoms with E-state index >= 15 is 0 Å². The molecule has 0 radical (unpaired) electrons. The molecule has 21 heavy (non-hydrogen) atoms. The van der Waals surface area contributed by atoms with Crippen LogP contribution in [0, 0.1) is 12.7 Å². The molecular formula is C15H13F4NO. The molecular weight excluding hydrogens is 286 g/mol. The Kier molecular flexibility index (Phi) is 4.35. The van der Waals surface area contributed by atoms with E-state index in [9.17, 15) is 17.6 Å². The van der Waals surface area contributed by atoms with Crippen molar-refractivity contribution in [2.45, 2.75) is 19.8 Å². The summed E-state index contributed by atoms with van der Waals surface area (Å²) in [5, 5.41) is 2.88. The molecule has 0 spiro atoms. The van der Waals surface area contributed by atoms with Crippen molar-refractivity contribution >= 4 is 5.69 Å². The van der Waals surface area contributed by atoms with E-state index < -0.39 is 12.2 Å². The number of ether oxygens (including phenoxy) is 1. The fourth-order valence-corrected chi connectivity index (χ4v) is 1.91. The van der Waals surface area contributed by atoms with Gasteiger partial charge in [-0.15, -0.1) is 13.2 Å². The lowest BCUT2D eigenvalue weighted by molar-refractivity contribution is -0.274. The van der Waals surface area contributed by atoms with Gasteiger partial charge < -0.3 is 10.1 Å². The van der Waals surface area contributed by atoms with E-state index in [4.69, 9.17) is 0 Å². The third-order valence-electron chi connectivity index (χ3n) is 2.72. The molecule has 0 unspecified atom stereocenters. The minimum atomic E-state index is -4.74. The quantitative estimate of drug-likeness (QED) is 0.830. The van der Waals surface area contributed by atoms with Gasteiger partial charge in [-0.25, -0.2) is 4.39 Å². The first-order valence-corrected chi connectivity index (χ1v) is 6.18. The Morgan fingerprint density at radius 2 is 1.81 bits per heavy atom. The van der Waals surface area contributed by atoms with Crippen LogP contribution >= 0.6 is 0 Å². The van der Waals surface area contributed by atoms with Crippen molar-refractivity contribution in [3.63, 3.8) is 0 Å². The summed E-state index contributed by atoms with van der Waals surface area (Å²) in [6.45, 7) is 1.82. The highest BCUT2D eigenvalue weighted by Crippen LogP contribution is 2.27. The molecule has 0 bridgehead atoms. The highest BCUT2D eigenvalue weighted by atomic mass is 19.4. The summed E-state index contributed by atoms with van der Waals surface area (Å²) >= 11 is 0. The largest absolute Gasteiger partial charge is 0.573 e. The maximum absolute atomic E-state index is 13.2. The molecule has 2 aromatic carbocycles. The molecule has 0 aromatic heterocycles. The van der Waals surface area contributed by atoms with Crippen LogP contribution < -0.4 is 10.1 Å². The zero-order chi connectivity index (χ0) is 15.5. The summed E-state index contributed by atoms with van der Waals surface area (Å²) in [5.41, 5.74) is 1.54. The topological polar surface area (TPSA) is 21.3 Å². The predicted octanol–water partition coefficient (Wildman–Crippen LogP) is 4.64. The lowest BCUT2D eigenvalue weighted by Gasteiger charge is -2.14. The number of alkyl halides is 3. The molecule has 0 aliphatic heterocycles.